The molecule has 0 saturated carbocycles. The molecule has 1 aliphatic carbocycles. The van der Waals surface area contributed by atoms with Gasteiger partial charge in [0.25, 0.3) is 0 Å². The maximum Gasteiger partial charge on any atom is 0.347 e. The average Bonchev–Trinajstić information content (AvgIpc) is 3.17. The number of fused-ring (bicyclic) bond motifs is 3. The summed E-state index contributed by atoms with van der Waals surface area (Å²) in [5.41, 5.74) is 3.28. The molecule has 2 aromatic rings. The molecule has 0 N–H and O–H groups in total. The molecule has 1 aromatic heterocycles. The fraction of sp³-hybridized carbons (Fsp3) is 0.565. The maximum absolute atomic E-state index is 12.3. The molecule has 5 heteroatoms. The minimum Gasteiger partial charge on any atom is -0.479 e. The molecule has 152 valence electrons. The number of hydrogen-bond acceptors (Lipinski definition) is 5. The lowest BCUT2D eigenvalue weighted by Gasteiger charge is -2.18. The number of aryl methyl sites for hydroxylation is 2. The van der Waals surface area contributed by atoms with Crippen molar-refractivity contribution in [3.05, 3.63) is 39.2 Å². The molecule has 0 aliphatic heterocycles. The Morgan fingerprint density at radius 1 is 1.14 bits per heavy atom. The highest BCUT2D eigenvalue weighted by atomic mass is 16.6. The van der Waals surface area contributed by atoms with Gasteiger partial charge in [-0.25, -0.2) is 9.59 Å². The van der Waals surface area contributed by atoms with E-state index in [0.717, 1.165) is 60.6 Å². The fourth-order valence-corrected chi connectivity index (χ4v) is 3.90. The molecule has 0 spiro atoms. The number of carbonyl (C=O) groups excluding carboxylic acids is 1. The van der Waals surface area contributed by atoms with Crippen molar-refractivity contribution in [3.63, 3.8) is 0 Å². The molecule has 1 atom stereocenters. The Morgan fingerprint density at radius 2 is 1.93 bits per heavy atom. The predicted octanol–water partition coefficient (Wildman–Crippen LogP) is 4.73. The Labute approximate surface area is 166 Å². The van der Waals surface area contributed by atoms with Gasteiger partial charge >= 0.3 is 11.6 Å². The third-order valence-corrected chi connectivity index (χ3v) is 5.38. The number of esters is 1. The number of unbranched alkanes of at least 4 members (excludes halogenated alkanes) is 3. The van der Waals surface area contributed by atoms with Gasteiger partial charge in [0.1, 0.15) is 11.3 Å². The van der Waals surface area contributed by atoms with Crippen molar-refractivity contribution in [2.24, 2.45) is 0 Å². The smallest absolute Gasteiger partial charge is 0.347 e. The van der Waals surface area contributed by atoms with Crippen LogP contribution in [0.2, 0.25) is 0 Å². The number of rotatable bonds is 9. The van der Waals surface area contributed by atoms with E-state index >= 15 is 0 Å². The summed E-state index contributed by atoms with van der Waals surface area (Å²) in [5, 5.41) is 1.01. The number of benzene rings is 1. The van der Waals surface area contributed by atoms with Gasteiger partial charge < -0.3 is 13.9 Å². The van der Waals surface area contributed by atoms with E-state index in [1.165, 1.54) is 12.8 Å². The molecular formula is C23H30O5. The van der Waals surface area contributed by atoms with E-state index in [1.807, 2.05) is 0 Å². The van der Waals surface area contributed by atoms with Gasteiger partial charge in [0.15, 0.2) is 6.10 Å². The zero-order valence-electron chi connectivity index (χ0n) is 17.1. The van der Waals surface area contributed by atoms with Crippen molar-refractivity contribution in [2.45, 2.75) is 78.2 Å². The number of carbonyl (C=O) groups is 1. The molecule has 1 heterocycles. The average molecular weight is 386 g/mol. The zero-order valence-corrected chi connectivity index (χ0v) is 17.1. The van der Waals surface area contributed by atoms with Crippen molar-refractivity contribution >= 4 is 16.9 Å². The van der Waals surface area contributed by atoms with Gasteiger partial charge in [0, 0.05) is 17.0 Å². The van der Waals surface area contributed by atoms with Gasteiger partial charge in [-0.2, -0.15) is 0 Å². The summed E-state index contributed by atoms with van der Waals surface area (Å²) in [6, 6.07) is 3.88. The lowest BCUT2D eigenvalue weighted by Crippen LogP contribution is -2.26. The second kappa shape index (κ2) is 9.26. The standard InChI is InChI=1S/C23H30O5/c1-4-6-7-8-10-16-13-19-17-11-9-12-18(17)23(25)28-21(19)14-20(16)27-15(3)22(24)26-5-2/h13-15H,4-12H2,1-3H3/t15-/m1/s1. The molecule has 0 unspecified atom stereocenters. The van der Waals surface area contributed by atoms with Crippen LogP contribution in [0.4, 0.5) is 0 Å². The van der Waals surface area contributed by atoms with Crippen LogP contribution < -0.4 is 10.4 Å². The normalized spacial score (nSPS) is 14.1. The Balaban J connectivity index is 1.97. The second-order valence-corrected chi connectivity index (χ2v) is 7.48. The van der Waals surface area contributed by atoms with E-state index in [0.29, 0.717) is 17.9 Å². The molecule has 0 bridgehead atoms. The summed E-state index contributed by atoms with van der Waals surface area (Å²) in [6.45, 7) is 5.96. The van der Waals surface area contributed by atoms with Gasteiger partial charge in [-0.05, 0) is 63.1 Å². The van der Waals surface area contributed by atoms with E-state index in [4.69, 9.17) is 13.9 Å². The quantitative estimate of drug-likeness (QED) is 0.354. The highest BCUT2D eigenvalue weighted by Crippen LogP contribution is 2.33. The van der Waals surface area contributed by atoms with Crippen LogP contribution in [0.3, 0.4) is 0 Å². The third kappa shape index (κ3) is 4.40. The molecular weight excluding hydrogens is 356 g/mol. The molecule has 5 nitrogen and oxygen atoms in total. The van der Waals surface area contributed by atoms with Crippen LogP contribution >= 0.6 is 0 Å². The minimum atomic E-state index is -0.715. The molecule has 28 heavy (non-hydrogen) atoms. The van der Waals surface area contributed by atoms with Crippen molar-refractivity contribution in [2.75, 3.05) is 6.61 Å². The van der Waals surface area contributed by atoms with Crippen molar-refractivity contribution < 1.29 is 18.7 Å². The van der Waals surface area contributed by atoms with Crippen LogP contribution in [-0.4, -0.2) is 18.7 Å². The van der Waals surface area contributed by atoms with E-state index < -0.39 is 12.1 Å². The number of ether oxygens (including phenoxy) is 2. The summed E-state index contributed by atoms with van der Waals surface area (Å²) in [5.74, 6) is 0.209. The van der Waals surface area contributed by atoms with Gasteiger partial charge in [-0.3, -0.25) is 0 Å². The minimum absolute atomic E-state index is 0.250. The topological polar surface area (TPSA) is 65.7 Å². The summed E-state index contributed by atoms with van der Waals surface area (Å²) in [7, 11) is 0. The first-order valence-corrected chi connectivity index (χ1v) is 10.5. The fourth-order valence-electron chi connectivity index (χ4n) is 3.90. The van der Waals surface area contributed by atoms with Gasteiger partial charge in [-0.15, -0.1) is 0 Å². The van der Waals surface area contributed by atoms with Crippen LogP contribution in [0.1, 0.15) is 69.6 Å². The van der Waals surface area contributed by atoms with Crippen LogP contribution in [-0.2, 0) is 28.8 Å². The Morgan fingerprint density at radius 3 is 2.68 bits per heavy atom. The predicted molar refractivity (Wildman–Crippen MR) is 109 cm³/mol. The van der Waals surface area contributed by atoms with Crippen LogP contribution in [0.25, 0.3) is 11.0 Å². The second-order valence-electron chi connectivity index (χ2n) is 7.48. The summed E-state index contributed by atoms with van der Waals surface area (Å²) < 4.78 is 16.6. The molecule has 1 aromatic carbocycles. The molecule has 0 amide bonds. The van der Waals surface area contributed by atoms with Crippen LogP contribution in [0.15, 0.2) is 21.3 Å². The summed E-state index contributed by atoms with van der Waals surface area (Å²) >= 11 is 0. The lowest BCUT2D eigenvalue weighted by molar-refractivity contribution is -0.150. The first-order chi connectivity index (χ1) is 13.5. The van der Waals surface area contributed by atoms with E-state index in [1.54, 1.807) is 19.9 Å². The van der Waals surface area contributed by atoms with Gasteiger partial charge in [0.2, 0.25) is 0 Å². The van der Waals surface area contributed by atoms with E-state index in [9.17, 15) is 9.59 Å². The largest absolute Gasteiger partial charge is 0.479 e. The Kier molecular flexibility index (Phi) is 6.76. The Bertz CT molecular complexity index is 896. The molecule has 3 rings (SSSR count). The lowest BCUT2D eigenvalue weighted by atomic mass is 10.00. The molecule has 0 saturated heterocycles. The first kappa shape index (κ1) is 20.4. The van der Waals surface area contributed by atoms with Crippen LogP contribution in [0, 0.1) is 0 Å². The van der Waals surface area contributed by atoms with Crippen molar-refractivity contribution in [1.29, 1.82) is 0 Å². The van der Waals surface area contributed by atoms with Crippen molar-refractivity contribution in [1.82, 2.24) is 0 Å². The third-order valence-electron chi connectivity index (χ3n) is 5.38. The van der Waals surface area contributed by atoms with Gasteiger partial charge in [-0.1, -0.05) is 26.2 Å². The highest BCUT2D eigenvalue weighted by Gasteiger charge is 2.23. The Hall–Kier alpha value is -2.30. The summed E-state index contributed by atoms with van der Waals surface area (Å²) in [4.78, 5) is 24.3. The van der Waals surface area contributed by atoms with E-state index in [2.05, 4.69) is 13.0 Å². The summed E-state index contributed by atoms with van der Waals surface area (Å²) in [6.07, 6.45) is 7.44. The number of hydrogen-bond donors (Lipinski definition) is 0. The first-order valence-electron chi connectivity index (χ1n) is 10.5. The zero-order chi connectivity index (χ0) is 20.1. The monoisotopic (exact) mass is 386 g/mol. The SMILES string of the molecule is CCCCCCc1cc2c3c(c(=O)oc2cc1O[C@H](C)C(=O)OCC)CCC3. The van der Waals surface area contributed by atoms with Gasteiger partial charge in [0.05, 0.1) is 6.61 Å². The van der Waals surface area contributed by atoms with Crippen LogP contribution in [0.5, 0.6) is 5.75 Å². The molecule has 1 aliphatic rings. The molecule has 0 radical (unpaired) electrons. The maximum atomic E-state index is 12.3. The van der Waals surface area contributed by atoms with E-state index in [-0.39, 0.29) is 5.63 Å². The highest BCUT2D eigenvalue weighted by molar-refractivity contribution is 5.84. The van der Waals surface area contributed by atoms with Crippen molar-refractivity contribution in [3.8, 4) is 5.75 Å². The molecule has 0 fully saturated rings.